The first-order valence-corrected chi connectivity index (χ1v) is 5.38. The smallest absolute Gasteiger partial charge is 0.407 e. The third-order valence-electron chi connectivity index (χ3n) is 2.19. The Morgan fingerprint density at radius 2 is 1.61 bits per heavy atom. The Kier molecular flexibility index (Phi) is 4.68. The van der Waals surface area contributed by atoms with E-state index in [1.54, 1.807) is 20.8 Å². The molecule has 0 fully saturated rings. The first-order valence-electron chi connectivity index (χ1n) is 5.38. The molecule has 0 unspecified atom stereocenters. The van der Waals surface area contributed by atoms with Crippen molar-refractivity contribution in [3.63, 3.8) is 0 Å². The van der Waals surface area contributed by atoms with E-state index in [-0.39, 0.29) is 0 Å². The number of carbonyl (C=O) groups excluding carboxylic acids is 1. The minimum atomic E-state index is -3.94. The molecule has 0 heterocycles. The molecule has 0 bridgehead atoms. The van der Waals surface area contributed by atoms with Crippen molar-refractivity contribution in [1.29, 1.82) is 0 Å². The molecule has 0 aliphatic heterocycles. The van der Waals surface area contributed by atoms with Gasteiger partial charge in [0.1, 0.15) is 5.60 Å². The highest BCUT2D eigenvalue weighted by atomic mass is 19.3. The molecule has 0 atom stereocenters. The van der Waals surface area contributed by atoms with Crippen molar-refractivity contribution in [2.75, 3.05) is 6.54 Å². The van der Waals surface area contributed by atoms with Crippen LogP contribution in [-0.4, -0.2) is 35.2 Å². The zero-order valence-electron chi connectivity index (χ0n) is 11.1. The average Bonchev–Trinajstić information content (AvgIpc) is 2.11. The summed E-state index contributed by atoms with van der Waals surface area (Å²) in [6.45, 7) is 6.48. The van der Waals surface area contributed by atoms with Crippen LogP contribution in [0.15, 0.2) is 0 Å². The van der Waals surface area contributed by atoms with Crippen LogP contribution in [0.1, 0.15) is 34.6 Å². The standard InChI is InChI=1S/C11H19F2NO4/c1-9(2,3)18-8(17)14-6-10(4,5)11(12,13)7(15)16/h6H2,1-5H3,(H,14,17)(H,15,16). The summed E-state index contributed by atoms with van der Waals surface area (Å²) >= 11 is 0. The number of alkyl halides is 2. The Bertz CT molecular complexity index is 334. The fourth-order valence-electron chi connectivity index (χ4n) is 1.01. The molecule has 0 aliphatic carbocycles. The number of alkyl carbamates (subject to hydrolysis) is 1. The molecule has 5 nitrogen and oxygen atoms in total. The number of carboxylic acid groups (broad SMARTS) is 1. The van der Waals surface area contributed by atoms with E-state index >= 15 is 0 Å². The zero-order valence-corrected chi connectivity index (χ0v) is 11.1. The predicted molar refractivity (Wildman–Crippen MR) is 60.6 cm³/mol. The lowest BCUT2D eigenvalue weighted by Crippen LogP contribution is -2.50. The monoisotopic (exact) mass is 267 g/mol. The quantitative estimate of drug-likeness (QED) is 0.819. The second-order valence-electron chi connectivity index (χ2n) is 5.62. The number of rotatable bonds is 4. The van der Waals surface area contributed by atoms with Gasteiger partial charge >= 0.3 is 18.0 Å². The number of hydrogen-bond acceptors (Lipinski definition) is 3. The number of carbonyl (C=O) groups is 2. The van der Waals surface area contributed by atoms with Gasteiger partial charge in [-0.2, -0.15) is 8.78 Å². The molecule has 0 aromatic heterocycles. The van der Waals surface area contributed by atoms with Gasteiger partial charge in [-0.3, -0.25) is 0 Å². The summed E-state index contributed by atoms with van der Waals surface area (Å²) in [5.74, 6) is -6.17. The molecule has 0 aliphatic rings. The lowest BCUT2D eigenvalue weighted by molar-refractivity contribution is -0.183. The number of hydrogen-bond donors (Lipinski definition) is 2. The lowest BCUT2D eigenvalue weighted by Gasteiger charge is -2.31. The molecule has 2 N–H and O–H groups in total. The van der Waals surface area contributed by atoms with Gasteiger partial charge in [-0.1, -0.05) is 13.8 Å². The maximum atomic E-state index is 13.3. The Labute approximate surface area is 105 Å². The molecule has 0 radical (unpaired) electrons. The Hall–Kier alpha value is -1.40. The summed E-state index contributed by atoms with van der Waals surface area (Å²) in [6.07, 6.45) is -0.864. The summed E-state index contributed by atoms with van der Waals surface area (Å²) in [7, 11) is 0. The van der Waals surface area contributed by atoms with E-state index in [4.69, 9.17) is 9.84 Å². The molecule has 7 heteroatoms. The molecular formula is C11H19F2NO4. The summed E-state index contributed by atoms with van der Waals surface area (Å²) in [6, 6.07) is 0. The zero-order chi connectivity index (χ0) is 14.8. The fraction of sp³-hybridized carbons (Fsp3) is 0.818. The SMILES string of the molecule is CC(C)(C)OC(=O)NCC(C)(C)C(F)(F)C(=O)O. The van der Waals surface area contributed by atoms with Crippen molar-refractivity contribution in [1.82, 2.24) is 5.32 Å². The molecule has 106 valence electrons. The van der Waals surface area contributed by atoms with E-state index in [9.17, 15) is 18.4 Å². The van der Waals surface area contributed by atoms with E-state index in [1.165, 1.54) is 0 Å². The number of nitrogens with one attached hydrogen (secondary N) is 1. The van der Waals surface area contributed by atoms with E-state index in [0.717, 1.165) is 13.8 Å². The lowest BCUT2D eigenvalue weighted by atomic mass is 9.85. The van der Waals surface area contributed by atoms with E-state index in [1.807, 2.05) is 0 Å². The molecule has 1 amide bonds. The van der Waals surface area contributed by atoms with Crippen LogP contribution in [0.2, 0.25) is 0 Å². The van der Waals surface area contributed by atoms with Gasteiger partial charge in [0.05, 0.1) is 5.41 Å². The van der Waals surface area contributed by atoms with Crippen LogP contribution in [-0.2, 0) is 9.53 Å². The van der Waals surface area contributed by atoms with Gasteiger partial charge in [0.2, 0.25) is 0 Å². The third kappa shape index (κ3) is 4.46. The van der Waals surface area contributed by atoms with Crippen molar-refractivity contribution in [3.05, 3.63) is 0 Å². The minimum absolute atomic E-state index is 0.513. The largest absolute Gasteiger partial charge is 0.477 e. The Balaban J connectivity index is 4.54. The fourth-order valence-corrected chi connectivity index (χ4v) is 1.01. The number of ether oxygens (including phenoxy) is 1. The molecule has 0 aromatic rings. The number of halogens is 2. The van der Waals surface area contributed by atoms with Crippen molar-refractivity contribution in [3.8, 4) is 0 Å². The minimum Gasteiger partial charge on any atom is -0.477 e. The van der Waals surface area contributed by atoms with Gasteiger partial charge < -0.3 is 15.2 Å². The molecule has 0 saturated carbocycles. The molecule has 0 aromatic carbocycles. The second-order valence-corrected chi connectivity index (χ2v) is 5.62. The number of aliphatic carboxylic acids is 1. The van der Waals surface area contributed by atoms with Gasteiger partial charge in [-0.25, -0.2) is 9.59 Å². The summed E-state index contributed by atoms with van der Waals surface area (Å²) < 4.78 is 31.5. The van der Waals surface area contributed by atoms with Crippen LogP contribution in [0.25, 0.3) is 0 Å². The first kappa shape index (κ1) is 16.6. The number of carboxylic acids is 1. The molecule has 18 heavy (non-hydrogen) atoms. The van der Waals surface area contributed by atoms with Gasteiger partial charge in [0.25, 0.3) is 0 Å². The van der Waals surface area contributed by atoms with Gasteiger partial charge in [0.15, 0.2) is 0 Å². The second kappa shape index (κ2) is 5.07. The van der Waals surface area contributed by atoms with Gasteiger partial charge in [0, 0.05) is 6.54 Å². The number of amides is 1. The summed E-state index contributed by atoms with van der Waals surface area (Å²) in [5, 5.41) is 10.6. The van der Waals surface area contributed by atoms with E-state index < -0.39 is 35.5 Å². The van der Waals surface area contributed by atoms with Gasteiger partial charge in [-0.05, 0) is 20.8 Å². The predicted octanol–water partition coefficient (Wildman–Crippen LogP) is 2.26. The Morgan fingerprint density at radius 3 is 1.94 bits per heavy atom. The highest BCUT2D eigenvalue weighted by molar-refractivity contribution is 5.76. The van der Waals surface area contributed by atoms with Crippen molar-refractivity contribution < 1.29 is 28.2 Å². The maximum absolute atomic E-state index is 13.3. The van der Waals surface area contributed by atoms with Crippen LogP contribution < -0.4 is 5.32 Å². The van der Waals surface area contributed by atoms with Crippen LogP contribution in [0.3, 0.4) is 0 Å². The summed E-state index contributed by atoms with van der Waals surface area (Å²) in [4.78, 5) is 21.7. The maximum Gasteiger partial charge on any atom is 0.407 e. The molecule has 0 saturated heterocycles. The van der Waals surface area contributed by atoms with Crippen molar-refractivity contribution >= 4 is 12.1 Å². The highest BCUT2D eigenvalue weighted by Gasteiger charge is 2.53. The topological polar surface area (TPSA) is 75.6 Å². The molecular weight excluding hydrogens is 248 g/mol. The van der Waals surface area contributed by atoms with Crippen LogP contribution >= 0.6 is 0 Å². The third-order valence-corrected chi connectivity index (χ3v) is 2.19. The molecule has 0 spiro atoms. The normalized spacial score (nSPS) is 13.1. The van der Waals surface area contributed by atoms with Crippen molar-refractivity contribution in [2.45, 2.75) is 46.1 Å². The van der Waals surface area contributed by atoms with E-state index in [0.29, 0.717) is 0 Å². The Morgan fingerprint density at radius 1 is 1.17 bits per heavy atom. The van der Waals surface area contributed by atoms with Crippen molar-refractivity contribution in [2.24, 2.45) is 5.41 Å². The highest BCUT2D eigenvalue weighted by Crippen LogP contribution is 2.35. The first-order chi connectivity index (χ1) is 7.79. The van der Waals surface area contributed by atoms with Crippen LogP contribution in [0.5, 0.6) is 0 Å². The molecule has 0 rings (SSSR count). The van der Waals surface area contributed by atoms with Crippen LogP contribution in [0, 0.1) is 5.41 Å². The van der Waals surface area contributed by atoms with E-state index in [2.05, 4.69) is 5.32 Å². The van der Waals surface area contributed by atoms with Crippen LogP contribution in [0.4, 0.5) is 13.6 Å². The summed E-state index contributed by atoms with van der Waals surface area (Å²) in [5.41, 5.74) is -2.67. The average molecular weight is 267 g/mol. The van der Waals surface area contributed by atoms with Gasteiger partial charge in [-0.15, -0.1) is 0 Å².